The highest BCUT2D eigenvalue weighted by atomic mass is 127. The minimum Gasteiger partial charge on any atom is -0.356 e. The van der Waals surface area contributed by atoms with Gasteiger partial charge in [0, 0.05) is 26.2 Å². The van der Waals surface area contributed by atoms with Crippen LogP contribution in [-0.2, 0) is 14.6 Å². The first-order valence-corrected chi connectivity index (χ1v) is 8.98. The van der Waals surface area contributed by atoms with Gasteiger partial charge in [-0.2, -0.15) is 0 Å². The molecule has 0 spiro atoms. The van der Waals surface area contributed by atoms with Crippen LogP contribution in [0.3, 0.4) is 0 Å². The van der Waals surface area contributed by atoms with Crippen LogP contribution in [0.2, 0.25) is 0 Å². The van der Waals surface area contributed by atoms with E-state index in [-0.39, 0.29) is 47.4 Å². The summed E-state index contributed by atoms with van der Waals surface area (Å²) < 4.78 is 22.9. The number of guanidine groups is 1. The van der Waals surface area contributed by atoms with E-state index in [0.29, 0.717) is 25.5 Å². The molecule has 7 nitrogen and oxygen atoms in total. The Morgan fingerprint density at radius 3 is 2.41 bits per heavy atom. The Balaban J connectivity index is 0.00000441. The quantitative estimate of drug-likeness (QED) is 0.317. The van der Waals surface area contributed by atoms with Crippen molar-refractivity contribution in [2.24, 2.45) is 10.4 Å². The predicted octanol–water partition coefficient (Wildman–Crippen LogP) is 0.119. The molecule has 0 bridgehead atoms. The monoisotopic (exact) mass is 446 g/mol. The second-order valence-electron chi connectivity index (χ2n) is 5.91. The Morgan fingerprint density at radius 2 is 1.95 bits per heavy atom. The van der Waals surface area contributed by atoms with E-state index in [1.165, 1.54) is 0 Å². The van der Waals surface area contributed by atoms with Crippen molar-refractivity contribution in [3.8, 4) is 0 Å². The van der Waals surface area contributed by atoms with Crippen LogP contribution >= 0.6 is 24.0 Å². The van der Waals surface area contributed by atoms with E-state index < -0.39 is 15.3 Å². The molecule has 0 saturated carbocycles. The van der Waals surface area contributed by atoms with E-state index in [0.717, 1.165) is 0 Å². The zero-order chi connectivity index (χ0) is 16.1. The summed E-state index contributed by atoms with van der Waals surface area (Å²) in [5.41, 5.74) is -0.574. The summed E-state index contributed by atoms with van der Waals surface area (Å²) in [4.78, 5) is 16.0. The molecular formula is C13H27IN4O3S. The Bertz CT molecular complexity index is 505. The van der Waals surface area contributed by atoms with Crippen LogP contribution in [0, 0.1) is 5.41 Å². The summed E-state index contributed by atoms with van der Waals surface area (Å²) in [6, 6.07) is -0.117. The largest absolute Gasteiger partial charge is 0.356 e. The van der Waals surface area contributed by atoms with Crippen molar-refractivity contribution in [2.75, 3.05) is 31.6 Å². The summed E-state index contributed by atoms with van der Waals surface area (Å²) in [7, 11) is -1.30. The summed E-state index contributed by atoms with van der Waals surface area (Å²) in [6.07, 6.45) is 0.586. The maximum absolute atomic E-state index is 11.9. The molecule has 9 heteroatoms. The number of halogens is 1. The Labute approximate surface area is 150 Å². The number of sulfone groups is 1. The minimum absolute atomic E-state index is 0. The molecule has 1 aliphatic heterocycles. The van der Waals surface area contributed by atoms with E-state index in [4.69, 9.17) is 0 Å². The molecule has 0 aromatic rings. The summed E-state index contributed by atoms with van der Waals surface area (Å²) in [5.74, 6) is 0.838. The van der Waals surface area contributed by atoms with E-state index in [1.54, 1.807) is 7.05 Å². The van der Waals surface area contributed by atoms with Crippen molar-refractivity contribution < 1.29 is 13.2 Å². The smallest absolute Gasteiger partial charge is 0.227 e. The van der Waals surface area contributed by atoms with E-state index in [1.807, 2.05) is 20.8 Å². The molecule has 0 aromatic heterocycles. The number of hydrogen-bond acceptors (Lipinski definition) is 4. The van der Waals surface area contributed by atoms with Gasteiger partial charge in [0.15, 0.2) is 15.8 Å². The number of nitrogens with one attached hydrogen (secondary N) is 3. The van der Waals surface area contributed by atoms with Crippen LogP contribution < -0.4 is 16.0 Å². The third-order valence-electron chi connectivity index (χ3n) is 3.45. The van der Waals surface area contributed by atoms with Gasteiger partial charge in [-0.1, -0.05) is 0 Å². The Hall–Kier alpha value is -0.580. The first-order valence-electron chi connectivity index (χ1n) is 7.16. The van der Waals surface area contributed by atoms with Crippen LogP contribution in [-0.4, -0.2) is 58.0 Å². The summed E-state index contributed by atoms with van der Waals surface area (Å²) in [6.45, 7) is 6.58. The SMILES string of the molecule is CCNC(=O)C(C)(C)CNC(=NC)NC1CCS(=O)(=O)C1.I. The van der Waals surface area contributed by atoms with Gasteiger partial charge in [-0.25, -0.2) is 8.42 Å². The van der Waals surface area contributed by atoms with Crippen LogP contribution in [0.15, 0.2) is 4.99 Å². The zero-order valence-electron chi connectivity index (χ0n) is 13.6. The number of nitrogens with zero attached hydrogens (tertiary/aromatic N) is 1. The highest BCUT2D eigenvalue weighted by Crippen LogP contribution is 2.14. The van der Waals surface area contributed by atoms with Gasteiger partial charge in [0.1, 0.15) is 0 Å². The number of carbonyl (C=O) groups is 1. The molecule has 0 aromatic carbocycles. The highest BCUT2D eigenvalue weighted by Gasteiger charge is 2.30. The summed E-state index contributed by atoms with van der Waals surface area (Å²) in [5, 5.41) is 8.97. The first kappa shape index (κ1) is 21.4. The molecule has 130 valence electrons. The molecule has 1 aliphatic rings. The lowest BCUT2D eigenvalue weighted by molar-refractivity contribution is -0.128. The van der Waals surface area contributed by atoms with Crippen molar-refractivity contribution in [1.82, 2.24) is 16.0 Å². The number of aliphatic imine (C=N–C) groups is 1. The Morgan fingerprint density at radius 1 is 1.32 bits per heavy atom. The average Bonchev–Trinajstić information content (AvgIpc) is 2.74. The minimum atomic E-state index is -2.92. The van der Waals surface area contributed by atoms with Gasteiger partial charge < -0.3 is 16.0 Å². The van der Waals surface area contributed by atoms with E-state index >= 15 is 0 Å². The van der Waals surface area contributed by atoms with Gasteiger partial charge in [0.25, 0.3) is 0 Å². The average molecular weight is 446 g/mol. The van der Waals surface area contributed by atoms with Crippen LogP contribution in [0.5, 0.6) is 0 Å². The number of hydrogen-bond donors (Lipinski definition) is 3. The summed E-state index contributed by atoms with van der Waals surface area (Å²) >= 11 is 0. The van der Waals surface area contributed by atoms with Crippen molar-refractivity contribution in [3.05, 3.63) is 0 Å². The van der Waals surface area contributed by atoms with Gasteiger partial charge in [0.05, 0.1) is 16.9 Å². The second-order valence-corrected chi connectivity index (χ2v) is 8.14. The lowest BCUT2D eigenvalue weighted by Gasteiger charge is -2.25. The number of amides is 1. The van der Waals surface area contributed by atoms with Gasteiger partial charge in [-0.15, -0.1) is 24.0 Å². The lowest BCUT2D eigenvalue weighted by Crippen LogP contribution is -2.50. The normalized spacial score (nSPS) is 20.9. The van der Waals surface area contributed by atoms with Crippen molar-refractivity contribution in [1.29, 1.82) is 0 Å². The second kappa shape index (κ2) is 8.90. The van der Waals surface area contributed by atoms with Gasteiger partial charge in [-0.05, 0) is 27.2 Å². The molecule has 1 fully saturated rings. The Kier molecular flexibility index (Phi) is 8.66. The number of rotatable bonds is 5. The molecule has 3 N–H and O–H groups in total. The van der Waals surface area contributed by atoms with Gasteiger partial charge in [-0.3, -0.25) is 9.79 Å². The first-order chi connectivity index (χ1) is 9.70. The maximum atomic E-state index is 11.9. The fraction of sp³-hybridized carbons (Fsp3) is 0.846. The molecular weight excluding hydrogens is 419 g/mol. The van der Waals surface area contributed by atoms with Crippen molar-refractivity contribution in [2.45, 2.75) is 33.2 Å². The zero-order valence-corrected chi connectivity index (χ0v) is 16.7. The molecule has 0 aliphatic carbocycles. The topological polar surface area (TPSA) is 99.7 Å². The molecule has 1 unspecified atom stereocenters. The third kappa shape index (κ3) is 6.67. The fourth-order valence-corrected chi connectivity index (χ4v) is 3.75. The predicted molar refractivity (Wildman–Crippen MR) is 99.4 cm³/mol. The molecule has 1 atom stereocenters. The molecule has 1 amide bonds. The van der Waals surface area contributed by atoms with E-state index in [9.17, 15) is 13.2 Å². The third-order valence-corrected chi connectivity index (χ3v) is 5.21. The number of carbonyl (C=O) groups excluding carboxylic acids is 1. The molecule has 22 heavy (non-hydrogen) atoms. The van der Waals surface area contributed by atoms with Crippen LogP contribution in [0.1, 0.15) is 27.2 Å². The van der Waals surface area contributed by atoms with Crippen LogP contribution in [0.4, 0.5) is 0 Å². The van der Waals surface area contributed by atoms with Crippen molar-refractivity contribution >= 4 is 45.7 Å². The van der Waals surface area contributed by atoms with Crippen molar-refractivity contribution in [3.63, 3.8) is 0 Å². The highest BCUT2D eigenvalue weighted by molar-refractivity contribution is 14.0. The molecule has 1 saturated heterocycles. The maximum Gasteiger partial charge on any atom is 0.227 e. The van der Waals surface area contributed by atoms with Crippen LogP contribution in [0.25, 0.3) is 0 Å². The molecule has 1 heterocycles. The van der Waals surface area contributed by atoms with Gasteiger partial charge in [0.2, 0.25) is 5.91 Å². The fourth-order valence-electron chi connectivity index (χ4n) is 2.08. The van der Waals surface area contributed by atoms with Gasteiger partial charge >= 0.3 is 0 Å². The van der Waals surface area contributed by atoms with E-state index in [2.05, 4.69) is 20.9 Å². The standard InChI is InChI=1S/C13H26N4O3S.HI/c1-5-15-11(18)13(2,3)9-16-12(14-4)17-10-6-7-21(19,20)8-10;/h10H,5-9H2,1-4H3,(H,15,18)(H2,14,16,17);1H. The molecule has 0 radical (unpaired) electrons. The lowest BCUT2D eigenvalue weighted by atomic mass is 9.92. The molecule has 1 rings (SSSR count).